The second-order valence-corrected chi connectivity index (χ2v) is 11.3. The minimum absolute atomic E-state index is 0.303. The molecular formula is C22H25N3O6S2. The predicted octanol–water partition coefficient (Wildman–Crippen LogP) is 2.34. The Kier molecular flexibility index (Phi) is 5.81. The summed E-state index contributed by atoms with van der Waals surface area (Å²) in [5.74, 6) is 1.02. The van der Waals surface area contributed by atoms with Crippen LogP contribution in [-0.2, 0) is 19.7 Å². The number of nitrogens with zero attached hydrogens (tertiary/aromatic N) is 1. The van der Waals surface area contributed by atoms with Gasteiger partial charge in [-0.1, -0.05) is 18.2 Å². The Morgan fingerprint density at radius 3 is 2.73 bits per heavy atom. The van der Waals surface area contributed by atoms with E-state index in [2.05, 4.69) is 10.8 Å². The van der Waals surface area contributed by atoms with Gasteiger partial charge in [-0.15, -0.1) is 11.3 Å². The number of thiophene rings is 1. The van der Waals surface area contributed by atoms with Gasteiger partial charge in [0, 0.05) is 18.7 Å². The predicted molar refractivity (Wildman–Crippen MR) is 121 cm³/mol. The number of rotatable bonds is 5. The highest BCUT2D eigenvalue weighted by Gasteiger charge is 2.43. The first-order valence-electron chi connectivity index (χ1n) is 10.8. The molecule has 1 spiro atoms. The number of sulfonamides is 1. The molecule has 1 saturated heterocycles. The van der Waals surface area contributed by atoms with Gasteiger partial charge in [0.2, 0.25) is 0 Å². The second kappa shape index (κ2) is 8.64. The van der Waals surface area contributed by atoms with Gasteiger partial charge in [0.05, 0.1) is 6.04 Å². The van der Waals surface area contributed by atoms with Gasteiger partial charge in [-0.3, -0.25) is 15.1 Å². The molecule has 0 radical (unpaired) electrons. The van der Waals surface area contributed by atoms with Crippen molar-refractivity contribution in [3.63, 3.8) is 0 Å². The van der Waals surface area contributed by atoms with Gasteiger partial charge >= 0.3 is 0 Å². The quantitative estimate of drug-likeness (QED) is 0.661. The van der Waals surface area contributed by atoms with Crippen LogP contribution in [0.25, 0.3) is 0 Å². The summed E-state index contributed by atoms with van der Waals surface area (Å²) in [6.07, 6.45) is 2.67. The van der Waals surface area contributed by atoms with E-state index in [9.17, 15) is 13.2 Å². The maximum absolute atomic E-state index is 12.9. The van der Waals surface area contributed by atoms with Crippen LogP contribution in [-0.4, -0.2) is 50.5 Å². The molecule has 1 fully saturated rings. The van der Waals surface area contributed by atoms with Crippen molar-refractivity contribution in [1.82, 2.24) is 15.1 Å². The summed E-state index contributed by atoms with van der Waals surface area (Å²) in [5.41, 5.74) is 3.19. The molecule has 1 amide bonds. The highest BCUT2D eigenvalue weighted by atomic mass is 32.2. The van der Waals surface area contributed by atoms with Crippen molar-refractivity contribution in [2.75, 3.05) is 26.3 Å². The number of piperidine rings is 1. The number of nitrogens with one attached hydrogen (secondary N) is 2. The number of hydrogen-bond donors (Lipinski definition) is 2. The Labute approximate surface area is 196 Å². The number of carbonyl (C=O) groups is 1. The Hall–Kier alpha value is -2.60. The van der Waals surface area contributed by atoms with Gasteiger partial charge in [-0.2, -0.15) is 4.31 Å². The summed E-state index contributed by atoms with van der Waals surface area (Å²) < 4.78 is 38.7. The van der Waals surface area contributed by atoms with Crippen LogP contribution in [0.5, 0.6) is 11.5 Å². The third-order valence-electron chi connectivity index (χ3n) is 6.09. The molecule has 33 heavy (non-hydrogen) atoms. The van der Waals surface area contributed by atoms with Crippen LogP contribution in [0.2, 0.25) is 0 Å². The summed E-state index contributed by atoms with van der Waals surface area (Å²) >= 11 is 1.21. The van der Waals surface area contributed by atoms with Gasteiger partial charge in [0.25, 0.3) is 15.9 Å². The van der Waals surface area contributed by atoms with Crippen molar-refractivity contribution in [1.29, 1.82) is 0 Å². The van der Waals surface area contributed by atoms with E-state index in [1.165, 1.54) is 15.6 Å². The van der Waals surface area contributed by atoms with Crippen LogP contribution in [0.1, 0.15) is 31.4 Å². The molecule has 1 aromatic heterocycles. The number of benzene rings is 1. The molecule has 9 nitrogen and oxygen atoms in total. The number of carbonyl (C=O) groups excluding carboxylic acids is 1. The molecule has 1 aromatic carbocycles. The Balaban J connectivity index is 1.24. The minimum atomic E-state index is -3.50. The van der Waals surface area contributed by atoms with Crippen molar-refractivity contribution in [2.45, 2.75) is 35.6 Å². The fourth-order valence-corrected chi connectivity index (χ4v) is 6.85. The Morgan fingerprint density at radius 1 is 1.18 bits per heavy atom. The zero-order valence-electron chi connectivity index (χ0n) is 18.1. The molecule has 0 bridgehead atoms. The number of para-hydroxylation sites is 1. The Morgan fingerprint density at radius 2 is 1.97 bits per heavy atom. The smallest absolute Gasteiger partial charge is 0.269 e. The molecule has 11 heteroatoms. The van der Waals surface area contributed by atoms with Gasteiger partial charge in [-0.25, -0.2) is 8.42 Å². The SMILES string of the molecule is CC(NC(=O)C1=CC2(CCN(S(=O)(=O)c3cccs3)CC2)ON1)c1cccc2c1OCCO2. The average Bonchev–Trinajstić information content (AvgIpc) is 3.50. The number of fused-ring (bicyclic) bond motifs is 1. The molecule has 0 aliphatic carbocycles. The van der Waals surface area contributed by atoms with E-state index in [1.54, 1.807) is 23.6 Å². The summed E-state index contributed by atoms with van der Waals surface area (Å²) in [7, 11) is -3.50. The molecule has 2 aromatic rings. The first kappa shape index (κ1) is 22.2. The zero-order valence-corrected chi connectivity index (χ0v) is 19.7. The minimum Gasteiger partial charge on any atom is -0.486 e. The first-order chi connectivity index (χ1) is 15.9. The van der Waals surface area contributed by atoms with Crippen molar-refractivity contribution >= 4 is 27.3 Å². The summed E-state index contributed by atoms with van der Waals surface area (Å²) in [6, 6.07) is 8.64. The normalized spacial score (nSPS) is 20.7. The molecule has 1 unspecified atom stereocenters. The fraction of sp³-hybridized carbons (Fsp3) is 0.409. The van der Waals surface area contributed by atoms with Crippen LogP contribution < -0.4 is 20.3 Å². The molecular weight excluding hydrogens is 466 g/mol. The molecule has 3 aliphatic heterocycles. The van der Waals surface area contributed by atoms with Crippen molar-refractivity contribution in [3.8, 4) is 11.5 Å². The lowest BCUT2D eigenvalue weighted by Gasteiger charge is -2.35. The van der Waals surface area contributed by atoms with Crippen molar-refractivity contribution < 1.29 is 27.5 Å². The fourth-order valence-electron chi connectivity index (χ4n) is 4.27. The lowest BCUT2D eigenvalue weighted by atomic mass is 9.92. The lowest BCUT2D eigenvalue weighted by molar-refractivity contribution is -0.120. The van der Waals surface area contributed by atoms with E-state index in [0.717, 1.165) is 5.56 Å². The molecule has 1 atom stereocenters. The van der Waals surface area contributed by atoms with Crippen LogP contribution in [0.15, 0.2) is 51.7 Å². The second-order valence-electron chi connectivity index (χ2n) is 8.23. The van der Waals surface area contributed by atoms with E-state index in [0.29, 0.717) is 60.6 Å². The molecule has 3 aliphatic rings. The van der Waals surface area contributed by atoms with Crippen molar-refractivity contribution in [3.05, 3.63) is 53.0 Å². The van der Waals surface area contributed by atoms with E-state index < -0.39 is 15.6 Å². The highest BCUT2D eigenvalue weighted by Crippen LogP contribution is 2.38. The largest absolute Gasteiger partial charge is 0.486 e. The van der Waals surface area contributed by atoms with Gasteiger partial charge < -0.3 is 14.8 Å². The summed E-state index contributed by atoms with van der Waals surface area (Å²) in [5, 5.41) is 4.72. The monoisotopic (exact) mass is 491 g/mol. The van der Waals surface area contributed by atoms with E-state index in [1.807, 2.05) is 25.1 Å². The van der Waals surface area contributed by atoms with E-state index in [4.69, 9.17) is 14.3 Å². The zero-order chi connectivity index (χ0) is 23.1. The lowest BCUT2D eigenvalue weighted by Crippen LogP contribution is -2.46. The maximum atomic E-state index is 12.9. The van der Waals surface area contributed by atoms with Crippen LogP contribution >= 0.6 is 11.3 Å². The number of amides is 1. The molecule has 0 saturated carbocycles. The first-order valence-corrected chi connectivity index (χ1v) is 13.1. The van der Waals surface area contributed by atoms with E-state index in [-0.39, 0.29) is 11.9 Å². The van der Waals surface area contributed by atoms with E-state index >= 15 is 0 Å². The third kappa shape index (κ3) is 4.21. The standard InChI is InChI=1S/C22H25N3O6S2/c1-15(16-4-2-5-18-20(16)30-12-11-29-18)23-21(26)17-14-22(31-24-17)7-9-25(10-8-22)33(27,28)19-6-3-13-32-19/h2-6,13-15,24H,7-12H2,1H3,(H,23,26). The third-order valence-corrected chi connectivity index (χ3v) is 9.36. The van der Waals surface area contributed by atoms with Crippen LogP contribution in [0.3, 0.4) is 0 Å². The number of hydroxylamine groups is 1. The Bertz CT molecular complexity index is 1170. The van der Waals surface area contributed by atoms with Crippen LogP contribution in [0, 0.1) is 0 Å². The maximum Gasteiger partial charge on any atom is 0.269 e. The molecule has 2 N–H and O–H groups in total. The number of hydrogen-bond acceptors (Lipinski definition) is 8. The van der Waals surface area contributed by atoms with Gasteiger partial charge in [0.1, 0.15) is 28.7 Å². The van der Waals surface area contributed by atoms with Gasteiger partial charge in [0.15, 0.2) is 11.5 Å². The average molecular weight is 492 g/mol. The summed E-state index contributed by atoms with van der Waals surface area (Å²) in [6.45, 7) is 3.48. The summed E-state index contributed by atoms with van der Waals surface area (Å²) in [4.78, 5) is 18.7. The molecule has 5 rings (SSSR count). The number of ether oxygens (including phenoxy) is 2. The van der Waals surface area contributed by atoms with Crippen molar-refractivity contribution in [2.24, 2.45) is 0 Å². The molecule has 176 valence electrons. The van der Waals surface area contributed by atoms with Gasteiger partial charge in [-0.05, 0) is 43.4 Å². The van der Waals surface area contributed by atoms with Crippen LogP contribution in [0.4, 0.5) is 0 Å². The highest BCUT2D eigenvalue weighted by molar-refractivity contribution is 7.91. The molecule has 4 heterocycles. The topological polar surface area (TPSA) is 106 Å².